The van der Waals surface area contributed by atoms with Crippen LogP contribution in [0.15, 0.2) is 53.0 Å². The summed E-state index contributed by atoms with van der Waals surface area (Å²) in [5, 5.41) is 3.64. The fraction of sp³-hybridized carbons (Fsp3) is 0.350. The monoisotopic (exact) mass is 398 g/mol. The summed E-state index contributed by atoms with van der Waals surface area (Å²) in [7, 11) is 0. The van der Waals surface area contributed by atoms with Crippen LogP contribution in [0.5, 0.6) is 0 Å². The van der Waals surface area contributed by atoms with Crippen LogP contribution in [0, 0.1) is 0 Å². The lowest BCUT2D eigenvalue weighted by atomic mass is 9.91. The van der Waals surface area contributed by atoms with E-state index in [0.29, 0.717) is 6.04 Å². The van der Waals surface area contributed by atoms with Gasteiger partial charge >= 0.3 is 0 Å². The van der Waals surface area contributed by atoms with Crippen molar-refractivity contribution >= 4 is 32.9 Å². The molecule has 1 saturated carbocycles. The van der Waals surface area contributed by atoms with Crippen molar-refractivity contribution in [2.24, 2.45) is 5.73 Å². The second kappa shape index (κ2) is 7.18. The van der Waals surface area contributed by atoms with Crippen molar-refractivity contribution in [3.63, 3.8) is 0 Å². The van der Waals surface area contributed by atoms with Crippen LogP contribution in [0.25, 0.3) is 11.0 Å². The van der Waals surface area contributed by atoms with Crippen molar-refractivity contribution in [1.82, 2.24) is 9.55 Å². The molecule has 3 aromatic rings. The van der Waals surface area contributed by atoms with Gasteiger partial charge in [0.15, 0.2) is 0 Å². The molecule has 0 unspecified atom stereocenters. The van der Waals surface area contributed by atoms with Gasteiger partial charge in [-0.3, -0.25) is 0 Å². The molecule has 2 aromatic carbocycles. The average molecular weight is 399 g/mol. The van der Waals surface area contributed by atoms with E-state index in [1.807, 2.05) is 6.07 Å². The number of nitrogens with zero attached hydrogens (tertiary/aromatic N) is 2. The third kappa shape index (κ3) is 3.58. The van der Waals surface area contributed by atoms with E-state index in [-0.39, 0.29) is 6.04 Å². The molecule has 0 aliphatic heterocycles. The summed E-state index contributed by atoms with van der Waals surface area (Å²) in [6.45, 7) is 0.790. The van der Waals surface area contributed by atoms with Crippen molar-refractivity contribution in [3.05, 3.63) is 58.6 Å². The molecule has 4 nitrogen and oxygen atoms in total. The molecule has 1 aliphatic rings. The third-order valence-corrected chi connectivity index (χ3v) is 5.57. The molecule has 0 saturated heterocycles. The Hall–Kier alpha value is -1.85. The topological polar surface area (TPSA) is 55.9 Å². The Kier molecular flexibility index (Phi) is 4.77. The van der Waals surface area contributed by atoms with Gasteiger partial charge in [-0.1, -0.05) is 53.0 Å². The Morgan fingerprint density at radius 3 is 2.64 bits per heavy atom. The van der Waals surface area contributed by atoms with Gasteiger partial charge in [-0.25, -0.2) is 4.98 Å². The van der Waals surface area contributed by atoms with E-state index in [2.05, 4.69) is 68.3 Å². The summed E-state index contributed by atoms with van der Waals surface area (Å²) in [4.78, 5) is 4.84. The van der Waals surface area contributed by atoms with E-state index in [4.69, 9.17) is 10.7 Å². The highest BCUT2D eigenvalue weighted by molar-refractivity contribution is 9.10. The Balaban J connectivity index is 1.68. The number of imidazole rings is 1. The maximum Gasteiger partial charge on any atom is 0.204 e. The van der Waals surface area contributed by atoms with Gasteiger partial charge in [0.2, 0.25) is 5.95 Å². The van der Waals surface area contributed by atoms with Gasteiger partial charge in [-0.15, -0.1) is 0 Å². The Morgan fingerprint density at radius 1 is 1.08 bits per heavy atom. The number of anilines is 1. The highest BCUT2D eigenvalue weighted by Gasteiger charge is 2.23. The van der Waals surface area contributed by atoms with Crippen LogP contribution < -0.4 is 11.1 Å². The smallest absolute Gasteiger partial charge is 0.204 e. The number of nitrogens with one attached hydrogen (secondary N) is 1. The normalized spacial score (nSPS) is 20.7. The second-order valence-electron chi connectivity index (χ2n) is 6.84. The number of hydrogen-bond acceptors (Lipinski definition) is 3. The predicted molar refractivity (Wildman–Crippen MR) is 107 cm³/mol. The summed E-state index contributed by atoms with van der Waals surface area (Å²) in [6, 6.07) is 17.3. The number of rotatable bonds is 4. The Bertz CT molecular complexity index is 856. The lowest BCUT2D eigenvalue weighted by molar-refractivity contribution is 0.401. The van der Waals surface area contributed by atoms with E-state index in [1.165, 1.54) is 18.4 Å². The van der Waals surface area contributed by atoms with Gasteiger partial charge in [0, 0.05) is 16.6 Å². The number of para-hydroxylation sites is 2. The van der Waals surface area contributed by atoms with Crippen LogP contribution in [-0.2, 0) is 6.54 Å². The average Bonchev–Trinajstić information content (AvgIpc) is 2.96. The molecule has 0 radical (unpaired) electrons. The molecule has 0 spiro atoms. The van der Waals surface area contributed by atoms with E-state index in [0.717, 1.165) is 40.8 Å². The number of benzene rings is 2. The van der Waals surface area contributed by atoms with E-state index in [9.17, 15) is 0 Å². The highest BCUT2D eigenvalue weighted by atomic mass is 79.9. The molecule has 25 heavy (non-hydrogen) atoms. The van der Waals surface area contributed by atoms with E-state index >= 15 is 0 Å². The minimum atomic E-state index is 0.203. The largest absolute Gasteiger partial charge is 0.351 e. The summed E-state index contributed by atoms with van der Waals surface area (Å²) >= 11 is 3.50. The predicted octanol–water partition coefficient (Wildman–Crippen LogP) is 4.53. The van der Waals surface area contributed by atoms with Gasteiger partial charge in [-0.05, 0) is 42.7 Å². The molecule has 5 heteroatoms. The molecule has 0 bridgehead atoms. The second-order valence-corrected chi connectivity index (χ2v) is 7.75. The molecule has 1 heterocycles. The van der Waals surface area contributed by atoms with Crippen LogP contribution in [0.1, 0.15) is 31.2 Å². The molecule has 1 aliphatic carbocycles. The number of aromatic nitrogens is 2. The van der Waals surface area contributed by atoms with Crippen molar-refractivity contribution in [2.45, 2.75) is 44.3 Å². The third-order valence-electron chi connectivity index (χ3n) is 5.04. The fourth-order valence-corrected chi connectivity index (χ4v) is 3.89. The van der Waals surface area contributed by atoms with Crippen molar-refractivity contribution in [3.8, 4) is 0 Å². The van der Waals surface area contributed by atoms with Crippen LogP contribution in [0.2, 0.25) is 0 Å². The number of fused-ring (bicyclic) bond motifs is 1. The first-order valence-electron chi connectivity index (χ1n) is 8.92. The Labute approximate surface area is 156 Å². The molecule has 1 fully saturated rings. The molecular weight excluding hydrogens is 376 g/mol. The van der Waals surface area contributed by atoms with Gasteiger partial charge in [0.25, 0.3) is 0 Å². The zero-order valence-electron chi connectivity index (χ0n) is 14.2. The van der Waals surface area contributed by atoms with Crippen molar-refractivity contribution in [1.29, 1.82) is 0 Å². The van der Waals surface area contributed by atoms with Crippen LogP contribution in [0.4, 0.5) is 5.95 Å². The molecule has 3 N–H and O–H groups in total. The maximum absolute atomic E-state index is 6.34. The van der Waals surface area contributed by atoms with E-state index in [1.54, 1.807) is 0 Å². The van der Waals surface area contributed by atoms with Gasteiger partial charge < -0.3 is 15.6 Å². The van der Waals surface area contributed by atoms with Crippen molar-refractivity contribution < 1.29 is 0 Å². The molecule has 2 atom stereocenters. The summed E-state index contributed by atoms with van der Waals surface area (Å²) < 4.78 is 3.36. The minimum Gasteiger partial charge on any atom is -0.351 e. The minimum absolute atomic E-state index is 0.203. The van der Waals surface area contributed by atoms with Gasteiger partial charge in [-0.2, -0.15) is 0 Å². The number of hydrogen-bond donors (Lipinski definition) is 2. The number of nitrogens with two attached hydrogens (primary N) is 1. The first kappa shape index (κ1) is 16.6. The first-order chi connectivity index (χ1) is 12.2. The quantitative estimate of drug-likeness (QED) is 0.678. The summed E-state index contributed by atoms with van der Waals surface area (Å²) in [5.41, 5.74) is 9.76. The summed E-state index contributed by atoms with van der Waals surface area (Å²) in [5.74, 6) is 0.923. The van der Waals surface area contributed by atoms with Gasteiger partial charge in [0.05, 0.1) is 17.6 Å². The van der Waals surface area contributed by atoms with Crippen LogP contribution in [-0.4, -0.2) is 21.6 Å². The van der Waals surface area contributed by atoms with Gasteiger partial charge in [0.1, 0.15) is 0 Å². The molecule has 0 amide bonds. The maximum atomic E-state index is 6.34. The Morgan fingerprint density at radius 2 is 1.84 bits per heavy atom. The molecule has 1 aromatic heterocycles. The van der Waals surface area contributed by atoms with Crippen LogP contribution in [0.3, 0.4) is 0 Å². The lowest BCUT2D eigenvalue weighted by Gasteiger charge is -2.29. The number of halogens is 1. The standard InChI is InChI=1S/C20H23BrN4/c21-15-11-9-14(10-12-15)13-25-19-8-4-3-7-18(19)24-20(25)23-17-6-2-1-5-16(17)22/h3-4,7-12,16-17H,1-2,5-6,13,22H2,(H,23,24)/t16-,17-/m0/s1. The molecule has 130 valence electrons. The highest BCUT2D eigenvalue weighted by Crippen LogP contribution is 2.25. The van der Waals surface area contributed by atoms with Crippen molar-refractivity contribution in [2.75, 3.05) is 5.32 Å². The zero-order valence-corrected chi connectivity index (χ0v) is 15.7. The molecular formula is C20H23BrN4. The lowest BCUT2D eigenvalue weighted by Crippen LogP contribution is -2.43. The zero-order chi connectivity index (χ0) is 17.2. The van der Waals surface area contributed by atoms with E-state index < -0.39 is 0 Å². The SMILES string of the molecule is N[C@H]1CCCC[C@@H]1Nc1nc2ccccc2n1Cc1ccc(Br)cc1. The summed E-state index contributed by atoms with van der Waals surface area (Å²) in [6.07, 6.45) is 4.67. The molecule has 4 rings (SSSR count). The first-order valence-corrected chi connectivity index (χ1v) is 9.72. The fourth-order valence-electron chi connectivity index (χ4n) is 3.62. The van der Waals surface area contributed by atoms with Crippen LogP contribution >= 0.6 is 15.9 Å².